The molecule has 0 atom stereocenters. The number of imidazole rings is 2. The van der Waals surface area contributed by atoms with Crippen LogP contribution in [0, 0.1) is 0 Å². The first-order valence-electron chi connectivity index (χ1n) is 18.5. The summed E-state index contributed by atoms with van der Waals surface area (Å²) in [5.74, 6) is 3.78. The summed E-state index contributed by atoms with van der Waals surface area (Å²) in [7, 11) is 6.58. The molecule has 60 heavy (non-hydrogen) atoms. The summed E-state index contributed by atoms with van der Waals surface area (Å²) in [5, 5.41) is 1.65. The molecule has 0 saturated heterocycles. The molecule has 0 fully saturated rings. The molecule has 4 aromatic carbocycles. The Labute approximate surface area is 371 Å². The van der Waals surface area contributed by atoms with E-state index in [-0.39, 0.29) is 0 Å². The third-order valence-electron chi connectivity index (χ3n) is 9.39. The van der Waals surface area contributed by atoms with E-state index in [1.54, 1.807) is 28.4 Å². The molecule has 8 rings (SSSR count). The maximum absolute atomic E-state index is 6.11. The average molecular weight is 974 g/mol. The van der Waals surface area contributed by atoms with Gasteiger partial charge in [0.1, 0.15) is 29.3 Å². The normalized spacial score (nSPS) is 11.0. The van der Waals surface area contributed by atoms with Crippen molar-refractivity contribution in [3.63, 3.8) is 0 Å². The molecule has 0 spiro atoms. The van der Waals surface area contributed by atoms with Gasteiger partial charge in [-0.05, 0) is 89.6 Å². The number of hydrogen-bond acceptors (Lipinski definition) is 13. The third kappa shape index (κ3) is 9.57. The first kappa shape index (κ1) is 42.6. The van der Waals surface area contributed by atoms with Gasteiger partial charge in [0.25, 0.3) is 5.16 Å². The Balaban J connectivity index is 0.000000181. The fourth-order valence-electron chi connectivity index (χ4n) is 6.28. The Hall–Kier alpha value is -5.56. The molecular weight excluding hydrogens is 932 g/mol. The molecule has 0 radical (unpaired) electrons. The van der Waals surface area contributed by atoms with Crippen LogP contribution in [-0.4, -0.2) is 62.9 Å². The molecule has 5 N–H and O–H groups in total. The number of nitrogen functional groups attached to an aromatic ring is 2. The monoisotopic (exact) mass is 971 g/mol. The molecule has 0 aliphatic rings. The number of ether oxygens (including phenoxy) is 4. The third-order valence-corrected chi connectivity index (χ3v) is 13.0. The van der Waals surface area contributed by atoms with Crippen LogP contribution in [0.5, 0.6) is 23.0 Å². The van der Waals surface area contributed by atoms with Gasteiger partial charge in [-0.1, -0.05) is 73.2 Å². The van der Waals surface area contributed by atoms with Crippen molar-refractivity contribution in [2.45, 2.75) is 46.0 Å². The number of rotatable bonds is 14. The number of benzene rings is 4. The molecule has 0 aliphatic carbocycles. The molecule has 14 nitrogen and oxygen atoms in total. The zero-order valence-corrected chi connectivity index (χ0v) is 37.9. The molecule has 308 valence electrons. The number of nitrogens with two attached hydrogens (primary N) is 2. The molecule has 0 amide bonds. The SMILES string of the molecule is COc1ccc(OC)c(Sc2[nH]c3c(N)ncnc3[n+]2CCc2ccccc2Br)c1.COc1ccc(OC)c(Sc2nc3c(N)ncnc3n2CCc2ccccc2Br)c1. The van der Waals surface area contributed by atoms with Crippen molar-refractivity contribution >= 4 is 89.3 Å². The second kappa shape index (κ2) is 19.7. The van der Waals surface area contributed by atoms with E-state index in [0.717, 1.165) is 70.5 Å². The maximum atomic E-state index is 6.11. The molecule has 18 heteroatoms. The smallest absolute Gasteiger partial charge is 0.308 e. The van der Waals surface area contributed by atoms with E-state index in [0.29, 0.717) is 41.4 Å². The summed E-state index contributed by atoms with van der Waals surface area (Å²) in [6, 6.07) is 27.8. The Bertz CT molecular complexity index is 2580. The Kier molecular flexibility index (Phi) is 14.0. The van der Waals surface area contributed by atoms with Gasteiger partial charge in [-0.25, -0.2) is 19.5 Å². The molecule has 0 saturated carbocycles. The molecule has 0 aliphatic heterocycles. The fraction of sp³-hybridized carbons (Fsp3) is 0.190. The molecular formula is C42H41Br2N10O4S2+. The van der Waals surface area contributed by atoms with Crippen LogP contribution in [0.15, 0.2) is 127 Å². The van der Waals surface area contributed by atoms with Crippen molar-refractivity contribution < 1.29 is 23.5 Å². The number of fused-ring (bicyclic) bond motifs is 2. The van der Waals surface area contributed by atoms with E-state index < -0.39 is 0 Å². The fourth-order valence-corrected chi connectivity index (χ4v) is 9.37. The van der Waals surface area contributed by atoms with Gasteiger partial charge in [0, 0.05) is 21.9 Å². The highest BCUT2D eigenvalue weighted by Gasteiger charge is 2.24. The average Bonchev–Trinajstić information content (AvgIpc) is 3.81. The van der Waals surface area contributed by atoms with Crippen molar-refractivity contribution in [1.29, 1.82) is 0 Å². The Morgan fingerprint density at radius 3 is 1.88 bits per heavy atom. The summed E-state index contributed by atoms with van der Waals surface area (Å²) in [5.41, 5.74) is 17.4. The quantitative estimate of drug-likeness (QED) is 0.0884. The van der Waals surface area contributed by atoms with E-state index in [1.807, 2.05) is 72.8 Å². The van der Waals surface area contributed by atoms with E-state index in [9.17, 15) is 0 Å². The van der Waals surface area contributed by atoms with Crippen LogP contribution in [-0.2, 0) is 25.9 Å². The van der Waals surface area contributed by atoms with Crippen molar-refractivity contribution in [2.75, 3.05) is 39.9 Å². The van der Waals surface area contributed by atoms with Gasteiger partial charge in [-0.3, -0.25) is 4.98 Å². The first-order valence-corrected chi connectivity index (χ1v) is 21.7. The van der Waals surface area contributed by atoms with Crippen molar-refractivity contribution in [1.82, 2.24) is 34.5 Å². The lowest BCUT2D eigenvalue weighted by Gasteiger charge is -2.12. The maximum Gasteiger partial charge on any atom is 0.308 e. The van der Waals surface area contributed by atoms with Crippen LogP contribution in [0.25, 0.3) is 22.3 Å². The van der Waals surface area contributed by atoms with E-state index in [1.165, 1.54) is 47.3 Å². The topological polar surface area (TPSA) is 178 Å². The van der Waals surface area contributed by atoms with Gasteiger partial charge < -0.3 is 35.0 Å². The Morgan fingerprint density at radius 2 is 1.27 bits per heavy atom. The number of hydrogen-bond donors (Lipinski definition) is 3. The van der Waals surface area contributed by atoms with E-state index >= 15 is 0 Å². The first-order chi connectivity index (χ1) is 29.2. The minimum Gasteiger partial charge on any atom is -0.497 e. The Morgan fingerprint density at radius 1 is 0.683 bits per heavy atom. The number of methoxy groups -OCH3 is 4. The second-order valence-electron chi connectivity index (χ2n) is 12.9. The number of nitrogens with zero attached hydrogens (tertiary/aromatic N) is 7. The lowest BCUT2D eigenvalue weighted by molar-refractivity contribution is -0.709. The number of aromatic nitrogens is 8. The van der Waals surface area contributed by atoms with Crippen molar-refractivity contribution in [3.8, 4) is 23.0 Å². The summed E-state index contributed by atoms with van der Waals surface area (Å²) < 4.78 is 28.2. The summed E-state index contributed by atoms with van der Waals surface area (Å²) in [4.78, 5) is 27.1. The summed E-state index contributed by atoms with van der Waals surface area (Å²) >= 11 is 10.3. The molecule has 0 bridgehead atoms. The predicted molar refractivity (Wildman–Crippen MR) is 241 cm³/mol. The number of H-pyrrole nitrogens is 1. The molecule has 4 heterocycles. The lowest BCUT2D eigenvalue weighted by Crippen LogP contribution is -2.36. The second-order valence-corrected chi connectivity index (χ2v) is 16.7. The highest BCUT2D eigenvalue weighted by atomic mass is 79.9. The largest absolute Gasteiger partial charge is 0.497 e. The zero-order valence-electron chi connectivity index (χ0n) is 33.1. The summed E-state index contributed by atoms with van der Waals surface area (Å²) in [6.07, 6.45) is 4.58. The lowest BCUT2D eigenvalue weighted by atomic mass is 10.1. The van der Waals surface area contributed by atoms with Crippen LogP contribution >= 0.6 is 55.4 Å². The molecule has 0 unspecified atom stereocenters. The van der Waals surface area contributed by atoms with Gasteiger partial charge in [0.15, 0.2) is 34.3 Å². The minimum absolute atomic E-state index is 0.360. The number of aromatic amines is 1. The molecule has 8 aromatic rings. The van der Waals surface area contributed by atoms with Crippen LogP contribution < -0.4 is 35.0 Å². The van der Waals surface area contributed by atoms with Crippen LogP contribution in [0.4, 0.5) is 11.6 Å². The number of nitrogens with one attached hydrogen (secondary N) is 1. The van der Waals surface area contributed by atoms with Gasteiger partial charge in [-0.15, -0.1) is 0 Å². The van der Waals surface area contributed by atoms with E-state index in [2.05, 4.69) is 78.0 Å². The van der Waals surface area contributed by atoms with Gasteiger partial charge in [-0.2, -0.15) is 4.98 Å². The van der Waals surface area contributed by atoms with Crippen LogP contribution in [0.3, 0.4) is 0 Å². The number of aryl methyl sites for hydroxylation is 4. The highest BCUT2D eigenvalue weighted by Crippen LogP contribution is 2.39. The van der Waals surface area contributed by atoms with E-state index in [4.69, 9.17) is 35.4 Å². The number of anilines is 2. The van der Waals surface area contributed by atoms with Gasteiger partial charge in [0.05, 0.1) is 44.8 Å². The van der Waals surface area contributed by atoms with Crippen LogP contribution in [0.1, 0.15) is 11.1 Å². The number of halogens is 2. The van der Waals surface area contributed by atoms with Crippen LogP contribution in [0.2, 0.25) is 0 Å². The standard InChI is InChI=1S/2C21H20BrN5O2S/c2*1-28-14-7-8-16(29-2)17(11-14)30-21-26-18-19(23)24-12-25-20(18)27(21)10-9-13-5-3-4-6-15(13)22/h2*3-8,11-12H,9-10H2,1-2H3,(H2,23,24,25)/p+1. The zero-order chi connectivity index (χ0) is 42.2. The van der Waals surface area contributed by atoms with Crippen molar-refractivity contribution in [3.05, 3.63) is 118 Å². The van der Waals surface area contributed by atoms with Gasteiger partial charge >= 0.3 is 5.65 Å². The molecule has 4 aromatic heterocycles. The minimum atomic E-state index is 0.360. The van der Waals surface area contributed by atoms with Gasteiger partial charge in [0.2, 0.25) is 5.52 Å². The van der Waals surface area contributed by atoms with Crippen molar-refractivity contribution in [2.24, 2.45) is 0 Å². The summed E-state index contributed by atoms with van der Waals surface area (Å²) in [6.45, 7) is 1.40. The predicted octanol–water partition coefficient (Wildman–Crippen LogP) is 8.58. The highest BCUT2D eigenvalue weighted by molar-refractivity contribution is 9.10.